The molecular weight excluding hydrogens is 424 g/mol. The van der Waals surface area contributed by atoms with Gasteiger partial charge in [0.25, 0.3) is 5.91 Å². The molecule has 5 nitrogen and oxygen atoms in total. The van der Waals surface area contributed by atoms with Crippen LogP contribution in [-0.4, -0.2) is 43.5 Å². The highest BCUT2D eigenvalue weighted by Gasteiger charge is 2.32. The van der Waals surface area contributed by atoms with Crippen LogP contribution in [0.1, 0.15) is 30.1 Å². The molecule has 1 aliphatic heterocycles. The molecule has 0 saturated carbocycles. The van der Waals surface area contributed by atoms with Crippen molar-refractivity contribution in [2.45, 2.75) is 19.8 Å². The first-order chi connectivity index (χ1) is 15.5. The van der Waals surface area contributed by atoms with Crippen LogP contribution < -0.4 is 9.64 Å². The number of benzene rings is 3. The van der Waals surface area contributed by atoms with E-state index in [1.807, 2.05) is 36.1 Å². The quantitative estimate of drug-likeness (QED) is 0.522. The number of amides is 2. The molecule has 0 bridgehead atoms. The van der Waals surface area contributed by atoms with Gasteiger partial charge in [-0.3, -0.25) is 9.59 Å². The summed E-state index contributed by atoms with van der Waals surface area (Å²) in [5, 5.41) is 2.69. The molecule has 2 amide bonds. The monoisotopic (exact) mass is 450 g/mol. The average Bonchev–Trinajstić information content (AvgIpc) is 2.84. The van der Waals surface area contributed by atoms with E-state index in [9.17, 15) is 9.59 Å². The lowest BCUT2D eigenvalue weighted by Crippen LogP contribution is -2.44. The molecule has 1 saturated heterocycles. The first-order valence-corrected chi connectivity index (χ1v) is 11.3. The fourth-order valence-electron chi connectivity index (χ4n) is 4.46. The summed E-state index contributed by atoms with van der Waals surface area (Å²) < 4.78 is 5.33. The topological polar surface area (TPSA) is 49.9 Å². The molecular formula is C26H27ClN2O3. The number of piperidine rings is 1. The summed E-state index contributed by atoms with van der Waals surface area (Å²) in [7, 11) is 1.54. The van der Waals surface area contributed by atoms with Crippen molar-refractivity contribution in [2.75, 3.05) is 31.6 Å². The molecule has 1 fully saturated rings. The number of carbonyl (C=O) groups is 2. The third kappa shape index (κ3) is 4.30. The predicted molar refractivity (Wildman–Crippen MR) is 129 cm³/mol. The van der Waals surface area contributed by atoms with Crippen molar-refractivity contribution in [2.24, 2.45) is 5.92 Å². The summed E-state index contributed by atoms with van der Waals surface area (Å²) in [6, 6.07) is 19.2. The number of carbonyl (C=O) groups excluding carboxylic acids is 2. The molecule has 32 heavy (non-hydrogen) atoms. The van der Waals surface area contributed by atoms with Crippen molar-refractivity contribution < 1.29 is 14.3 Å². The lowest BCUT2D eigenvalue weighted by atomic mass is 9.94. The molecule has 166 valence electrons. The van der Waals surface area contributed by atoms with Gasteiger partial charge in [0.1, 0.15) is 5.75 Å². The minimum absolute atomic E-state index is 0.112. The molecule has 1 heterocycles. The van der Waals surface area contributed by atoms with Crippen LogP contribution in [0.2, 0.25) is 5.02 Å². The van der Waals surface area contributed by atoms with Crippen LogP contribution in [0.25, 0.3) is 10.8 Å². The zero-order valence-electron chi connectivity index (χ0n) is 18.4. The van der Waals surface area contributed by atoms with Crippen LogP contribution in [-0.2, 0) is 4.79 Å². The Kier molecular flexibility index (Phi) is 6.66. The van der Waals surface area contributed by atoms with Gasteiger partial charge in [0.05, 0.1) is 18.4 Å². The minimum Gasteiger partial charge on any atom is -0.496 e. The second-order valence-corrected chi connectivity index (χ2v) is 8.43. The average molecular weight is 451 g/mol. The number of halogens is 1. The number of methoxy groups -OCH3 is 1. The predicted octanol–water partition coefficient (Wildman–Crippen LogP) is 5.41. The van der Waals surface area contributed by atoms with Crippen molar-refractivity contribution in [3.05, 3.63) is 71.2 Å². The Morgan fingerprint density at radius 2 is 1.78 bits per heavy atom. The third-order valence-electron chi connectivity index (χ3n) is 6.16. The van der Waals surface area contributed by atoms with Gasteiger partial charge < -0.3 is 14.5 Å². The van der Waals surface area contributed by atoms with E-state index in [1.165, 1.54) is 7.11 Å². The van der Waals surface area contributed by atoms with Gasteiger partial charge in [-0.25, -0.2) is 0 Å². The smallest absolute Gasteiger partial charge is 0.257 e. The highest BCUT2D eigenvalue weighted by Crippen LogP contribution is 2.31. The molecule has 0 atom stereocenters. The lowest BCUT2D eigenvalue weighted by Gasteiger charge is -2.34. The number of rotatable bonds is 5. The van der Waals surface area contributed by atoms with Crippen LogP contribution in [0.5, 0.6) is 5.75 Å². The lowest BCUT2D eigenvalue weighted by molar-refractivity contribution is -0.123. The SMILES string of the molecule is CCN(C(=O)C1CCN(C(=O)c2cc(Cl)ccc2OC)CC1)c1cccc2ccccc12. The molecule has 0 unspecified atom stereocenters. The third-order valence-corrected chi connectivity index (χ3v) is 6.40. The Labute approximate surface area is 193 Å². The van der Waals surface area contributed by atoms with E-state index in [0.29, 0.717) is 48.8 Å². The van der Waals surface area contributed by atoms with Crippen LogP contribution in [0.15, 0.2) is 60.7 Å². The van der Waals surface area contributed by atoms with Gasteiger partial charge >= 0.3 is 0 Å². The van der Waals surface area contributed by atoms with E-state index < -0.39 is 0 Å². The number of nitrogens with zero attached hydrogens (tertiary/aromatic N) is 2. The summed E-state index contributed by atoms with van der Waals surface area (Å²) in [4.78, 5) is 30.2. The molecule has 0 N–H and O–H groups in total. The van der Waals surface area contributed by atoms with Gasteiger partial charge in [0.2, 0.25) is 5.91 Å². The Bertz CT molecular complexity index is 1130. The second kappa shape index (κ2) is 9.61. The highest BCUT2D eigenvalue weighted by atomic mass is 35.5. The van der Waals surface area contributed by atoms with Crippen molar-refractivity contribution >= 4 is 39.9 Å². The van der Waals surface area contributed by atoms with Crippen molar-refractivity contribution in [3.8, 4) is 5.75 Å². The summed E-state index contributed by atoms with van der Waals surface area (Å²) in [5.74, 6) is 0.401. The van der Waals surface area contributed by atoms with Gasteiger partial charge in [-0.2, -0.15) is 0 Å². The second-order valence-electron chi connectivity index (χ2n) is 7.99. The fraction of sp³-hybridized carbons (Fsp3) is 0.308. The fourth-order valence-corrected chi connectivity index (χ4v) is 4.63. The Hall–Kier alpha value is -3.05. The zero-order chi connectivity index (χ0) is 22.7. The molecule has 4 rings (SSSR count). The van der Waals surface area contributed by atoms with Gasteiger partial charge in [-0.05, 0) is 49.4 Å². The normalized spacial score (nSPS) is 14.4. The van der Waals surface area contributed by atoms with Crippen LogP contribution in [0.4, 0.5) is 5.69 Å². The molecule has 3 aromatic rings. The summed E-state index contributed by atoms with van der Waals surface area (Å²) in [6.07, 6.45) is 1.27. The van der Waals surface area contributed by atoms with Crippen LogP contribution >= 0.6 is 11.6 Å². The maximum absolute atomic E-state index is 13.5. The van der Waals surface area contributed by atoms with E-state index in [-0.39, 0.29) is 17.7 Å². The molecule has 0 spiro atoms. The maximum atomic E-state index is 13.5. The van der Waals surface area contributed by atoms with Gasteiger partial charge in [-0.1, -0.05) is 48.0 Å². The largest absolute Gasteiger partial charge is 0.496 e. The number of anilines is 1. The molecule has 0 aromatic heterocycles. The molecule has 6 heteroatoms. The van der Waals surface area contributed by atoms with Crippen LogP contribution in [0, 0.1) is 5.92 Å². The van der Waals surface area contributed by atoms with E-state index >= 15 is 0 Å². The van der Waals surface area contributed by atoms with Crippen LogP contribution in [0.3, 0.4) is 0 Å². The summed E-state index contributed by atoms with van der Waals surface area (Å²) in [5.41, 5.74) is 1.40. The van der Waals surface area contributed by atoms with E-state index in [1.54, 1.807) is 23.1 Å². The van der Waals surface area contributed by atoms with E-state index in [4.69, 9.17) is 16.3 Å². The first kappa shape index (κ1) is 22.2. The first-order valence-electron chi connectivity index (χ1n) is 11.0. The Balaban J connectivity index is 1.48. The standard InChI is InChI=1S/C26H27ClN2O3/c1-3-29(23-10-6-8-18-7-4-5-9-21(18)23)25(30)19-13-15-28(16-14-19)26(31)22-17-20(27)11-12-24(22)32-2/h4-12,17,19H,3,13-16H2,1-2H3. The number of hydrogen-bond acceptors (Lipinski definition) is 3. The minimum atomic E-state index is -0.114. The number of ether oxygens (including phenoxy) is 1. The Morgan fingerprint density at radius 1 is 1.06 bits per heavy atom. The highest BCUT2D eigenvalue weighted by molar-refractivity contribution is 6.31. The Morgan fingerprint density at radius 3 is 2.50 bits per heavy atom. The van der Waals surface area contributed by atoms with Gasteiger partial charge in [0, 0.05) is 36.0 Å². The van der Waals surface area contributed by atoms with E-state index in [2.05, 4.69) is 18.2 Å². The molecule has 1 aliphatic rings. The summed E-state index contributed by atoms with van der Waals surface area (Å²) in [6.45, 7) is 3.66. The molecule has 0 radical (unpaired) electrons. The van der Waals surface area contributed by atoms with Crippen molar-refractivity contribution in [1.29, 1.82) is 0 Å². The molecule has 3 aromatic carbocycles. The van der Waals surface area contributed by atoms with Gasteiger partial charge in [0.15, 0.2) is 0 Å². The summed E-state index contributed by atoms with van der Waals surface area (Å²) >= 11 is 6.10. The van der Waals surface area contributed by atoms with Crippen molar-refractivity contribution in [1.82, 2.24) is 4.90 Å². The number of fused-ring (bicyclic) bond motifs is 1. The molecule has 0 aliphatic carbocycles. The number of likely N-dealkylation sites (tertiary alicyclic amines) is 1. The van der Waals surface area contributed by atoms with E-state index in [0.717, 1.165) is 16.5 Å². The van der Waals surface area contributed by atoms with Crippen molar-refractivity contribution in [3.63, 3.8) is 0 Å². The van der Waals surface area contributed by atoms with Gasteiger partial charge in [-0.15, -0.1) is 0 Å². The zero-order valence-corrected chi connectivity index (χ0v) is 19.1. The number of hydrogen-bond donors (Lipinski definition) is 0. The maximum Gasteiger partial charge on any atom is 0.257 e.